The van der Waals surface area contributed by atoms with Gasteiger partial charge in [-0.15, -0.1) is 10.5 Å². The maximum atomic E-state index is 12.8. The van der Waals surface area contributed by atoms with E-state index in [2.05, 4.69) is 15.8 Å². The first-order valence-electron chi connectivity index (χ1n) is 6.01. The van der Waals surface area contributed by atoms with E-state index >= 15 is 0 Å². The second-order valence-corrected chi connectivity index (χ2v) is 4.59. The predicted octanol–water partition coefficient (Wildman–Crippen LogP) is 3.67. The summed E-state index contributed by atoms with van der Waals surface area (Å²) in [6.45, 7) is 1.87. The highest BCUT2D eigenvalue weighted by atomic mass is 35.5. The van der Waals surface area contributed by atoms with E-state index in [4.69, 9.17) is 11.6 Å². The number of rotatable bonds is 4. The van der Waals surface area contributed by atoms with Gasteiger partial charge in [0.15, 0.2) is 10.9 Å². The van der Waals surface area contributed by atoms with Gasteiger partial charge in [0.2, 0.25) is 0 Å². The molecule has 1 heterocycles. The molecule has 0 saturated carbocycles. The van der Waals surface area contributed by atoms with Crippen LogP contribution in [0.3, 0.4) is 0 Å². The van der Waals surface area contributed by atoms with Crippen molar-refractivity contribution in [2.24, 2.45) is 5.10 Å². The Morgan fingerprint density at radius 1 is 1.25 bits per heavy atom. The Morgan fingerprint density at radius 2 is 1.90 bits per heavy atom. The first-order chi connectivity index (χ1) is 9.43. The molecule has 3 nitrogen and oxygen atoms in total. The van der Waals surface area contributed by atoms with Gasteiger partial charge in [-0.05, 0) is 12.0 Å². The third-order valence-electron chi connectivity index (χ3n) is 2.88. The summed E-state index contributed by atoms with van der Waals surface area (Å²) in [5.74, 6) is 0. The summed E-state index contributed by atoms with van der Waals surface area (Å²) in [5.41, 5.74) is 2.62. The van der Waals surface area contributed by atoms with Gasteiger partial charge in [-0.25, -0.2) is 0 Å². The molecule has 0 amide bonds. The van der Waals surface area contributed by atoms with Gasteiger partial charge in [0.05, 0.1) is 6.04 Å². The zero-order valence-electron chi connectivity index (χ0n) is 10.6. The maximum absolute atomic E-state index is 12.8. The topological polar surface area (TPSA) is 38.5 Å². The number of benzene rings is 1. The van der Waals surface area contributed by atoms with Gasteiger partial charge in [0.25, 0.3) is 0 Å². The van der Waals surface area contributed by atoms with E-state index in [0.717, 1.165) is 5.56 Å². The van der Waals surface area contributed by atoms with Crippen LogP contribution in [0.1, 0.15) is 24.9 Å². The fourth-order valence-electron chi connectivity index (χ4n) is 1.90. The highest BCUT2D eigenvalue weighted by molar-refractivity contribution is 6.69. The normalized spacial score (nSPS) is 16.8. The second-order valence-electron chi connectivity index (χ2n) is 4.23. The van der Waals surface area contributed by atoms with Gasteiger partial charge in [-0.3, -0.25) is 0 Å². The minimum absolute atomic E-state index is 0.269. The van der Waals surface area contributed by atoms with E-state index in [1.54, 1.807) is 0 Å². The fourth-order valence-corrected chi connectivity index (χ4v) is 2.08. The minimum atomic E-state index is -4.59. The van der Waals surface area contributed by atoms with Crippen molar-refractivity contribution in [3.63, 3.8) is 0 Å². The van der Waals surface area contributed by atoms with Crippen LogP contribution in [-0.2, 0) is 0 Å². The summed E-state index contributed by atoms with van der Waals surface area (Å²) in [6.07, 6.45) is -3.99. The van der Waals surface area contributed by atoms with Crippen molar-refractivity contribution >= 4 is 16.8 Å². The molecular weight excluding hydrogens is 291 g/mol. The van der Waals surface area contributed by atoms with Gasteiger partial charge in [0.1, 0.15) is 5.70 Å². The van der Waals surface area contributed by atoms with Crippen LogP contribution in [0.15, 0.2) is 46.8 Å². The van der Waals surface area contributed by atoms with Crippen LogP contribution >= 0.6 is 11.6 Å². The lowest BCUT2D eigenvalue weighted by Crippen LogP contribution is -2.27. The molecule has 1 atom stereocenters. The summed E-state index contributed by atoms with van der Waals surface area (Å²) in [4.78, 5) is 0. The number of nitrogens with zero attached hydrogens (tertiary/aromatic N) is 2. The lowest BCUT2D eigenvalue weighted by atomic mass is 10.0. The monoisotopic (exact) mass is 302 g/mol. The highest BCUT2D eigenvalue weighted by Gasteiger charge is 2.42. The van der Waals surface area contributed by atoms with Gasteiger partial charge < -0.3 is 5.32 Å². The van der Waals surface area contributed by atoms with Crippen molar-refractivity contribution in [2.45, 2.75) is 25.6 Å². The van der Waals surface area contributed by atoms with Gasteiger partial charge in [-0.1, -0.05) is 48.9 Å². The molecule has 2 rings (SSSR count). The summed E-state index contributed by atoms with van der Waals surface area (Å²) in [6, 6.07) is 8.88. The van der Waals surface area contributed by atoms with E-state index in [1.165, 1.54) is 0 Å². The Bertz CT molecular complexity index is 538. The average Bonchev–Trinajstić information content (AvgIpc) is 2.78. The molecule has 1 aromatic rings. The van der Waals surface area contributed by atoms with Crippen molar-refractivity contribution < 1.29 is 13.2 Å². The molecule has 107 valence electrons. The Hall–Kier alpha value is -1.69. The van der Waals surface area contributed by atoms with E-state index < -0.39 is 11.9 Å². The number of allylic oxidation sites excluding steroid dienone is 2. The van der Waals surface area contributed by atoms with Crippen LogP contribution in [0.2, 0.25) is 0 Å². The van der Waals surface area contributed by atoms with Crippen molar-refractivity contribution in [1.82, 2.24) is 10.7 Å². The van der Waals surface area contributed by atoms with Crippen molar-refractivity contribution in [3.05, 3.63) is 47.3 Å². The number of alkyl halides is 3. The zero-order chi connectivity index (χ0) is 14.8. The van der Waals surface area contributed by atoms with E-state index in [-0.39, 0.29) is 16.9 Å². The van der Waals surface area contributed by atoms with Crippen molar-refractivity contribution in [3.8, 4) is 0 Å². The van der Waals surface area contributed by atoms with Crippen LogP contribution in [-0.4, -0.2) is 11.3 Å². The molecule has 0 aliphatic carbocycles. The molecule has 1 aliphatic heterocycles. The standard InChI is InChI=1S/C13H12ClF3N3/c1-2-9(8-6-4-3-5-7-8)18-10-11(13(15,16)17)19-20-12(10)14/h3-7,9,18H,2H2,1H3. The number of hydrogen-bond acceptors (Lipinski definition) is 2. The van der Waals surface area contributed by atoms with Gasteiger partial charge >= 0.3 is 6.18 Å². The van der Waals surface area contributed by atoms with Crippen LogP contribution < -0.4 is 10.7 Å². The molecule has 0 bridgehead atoms. The Morgan fingerprint density at radius 3 is 2.45 bits per heavy atom. The predicted molar refractivity (Wildman–Crippen MR) is 71.1 cm³/mol. The first kappa shape index (κ1) is 14.7. The third-order valence-corrected chi connectivity index (χ3v) is 3.14. The molecule has 0 aromatic heterocycles. The SMILES string of the molecule is CCC(NC1=C(C(F)(F)F)[N]N=C1Cl)c1ccccc1. The number of halogens is 4. The van der Waals surface area contributed by atoms with Gasteiger partial charge in [-0.2, -0.15) is 13.2 Å². The number of nitrogens with one attached hydrogen (secondary N) is 1. The molecule has 0 spiro atoms. The summed E-state index contributed by atoms with van der Waals surface area (Å²) in [7, 11) is 0. The van der Waals surface area contributed by atoms with Gasteiger partial charge in [0, 0.05) is 0 Å². The highest BCUT2D eigenvalue weighted by Crippen LogP contribution is 2.32. The number of hydrogen-bond donors (Lipinski definition) is 1. The average molecular weight is 303 g/mol. The molecule has 1 N–H and O–H groups in total. The summed E-state index contributed by atoms with van der Waals surface area (Å²) < 4.78 is 38.5. The largest absolute Gasteiger partial charge is 0.437 e. The quantitative estimate of drug-likeness (QED) is 0.905. The van der Waals surface area contributed by atoms with Crippen LogP contribution in [0.4, 0.5) is 13.2 Å². The Kier molecular flexibility index (Phi) is 4.23. The Labute approximate surface area is 119 Å². The Balaban J connectivity index is 2.28. The fraction of sp³-hybridized carbons (Fsp3) is 0.308. The summed E-state index contributed by atoms with van der Waals surface area (Å²) in [5, 5.41) is 5.82. The zero-order valence-corrected chi connectivity index (χ0v) is 11.3. The minimum Gasteiger partial charge on any atom is -0.374 e. The molecule has 1 unspecified atom stereocenters. The van der Waals surface area contributed by atoms with Crippen molar-refractivity contribution in [1.29, 1.82) is 0 Å². The molecule has 1 aliphatic rings. The lowest BCUT2D eigenvalue weighted by Gasteiger charge is -2.20. The van der Waals surface area contributed by atoms with Crippen LogP contribution in [0, 0.1) is 0 Å². The second kappa shape index (κ2) is 5.75. The molecule has 7 heteroatoms. The maximum Gasteiger partial charge on any atom is 0.437 e. The molecule has 20 heavy (non-hydrogen) atoms. The molecule has 1 radical (unpaired) electrons. The smallest absolute Gasteiger partial charge is 0.374 e. The summed E-state index contributed by atoms with van der Waals surface area (Å²) >= 11 is 5.70. The van der Waals surface area contributed by atoms with E-state index in [1.807, 2.05) is 37.3 Å². The first-order valence-corrected chi connectivity index (χ1v) is 6.38. The lowest BCUT2D eigenvalue weighted by molar-refractivity contribution is -0.0973. The van der Waals surface area contributed by atoms with Crippen LogP contribution in [0.25, 0.3) is 0 Å². The van der Waals surface area contributed by atoms with E-state index in [0.29, 0.717) is 6.42 Å². The molecular formula is C13H12ClF3N3. The molecule has 1 aromatic carbocycles. The molecule has 0 saturated heterocycles. The van der Waals surface area contributed by atoms with Crippen molar-refractivity contribution in [2.75, 3.05) is 0 Å². The third kappa shape index (κ3) is 3.07. The molecule has 0 fully saturated rings. The van der Waals surface area contributed by atoms with Crippen LogP contribution in [0.5, 0.6) is 0 Å². The van der Waals surface area contributed by atoms with E-state index in [9.17, 15) is 13.2 Å².